The molecule has 2 rings (SSSR count). The van der Waals surface area contributed by atoms with Gasteiger partial charge in [0.15, 0.2) is 0 Å². The smallest absolute Gasteiger partial charge is 0.123 e. The van der Waals surface area contributed by atoms with Gasteiger partial charge in [0.25, 0.3) is 0 Å². The second-order valence-electron chi connectivity index (χ2n) is 4.91. The summed E-state index contributed by atoms with van der Waals surface area (Å²) < 4.78 is 13.7. The van der Waals surface area contributed by atoms with E-state index in [0.29, 0.717) is 22.5 Å². The number of nitrogen functional groups attached to an aromatic ring is 2. The molecule has 0 aliphatic heterocycles. The molecule has 1 aromatic heterocycles. The Kier molecular flexibility index (Phi) is 4.28. The van der Waals surface area contributed by atoms with Crippen molar-refractivity contribution < 1.29 is 4.39 Å². The molecular weight excluding hydrogens is 269 g/mol. The van der Waals surface area contributed by atoms with Crippen LogP contribution in [0.4, 0.5) is 21.5 Å². The number of nitrogens with two attached hydrogens (primary N) is 2. The van der Waals surface area contributed by atoms with Gasteiger partial charge in [-0.3, -0.25) is 4.98 Å². The first-order valence-electron chi connectivity index (χ1n) is 6.69. The summed E-state index contributed by atoms with van der Waals surface area (Å²) in [6.07, 6.45) is 3.09. The first-order valence-corrected chi connectivity index (χ1v) is 6.69. The average molecular weight is 289 g/mol. The Morgan fingerprint density at radius 3 is 2.48 bits per heavy atom. The maximum atomic E-state index is 13.7. The minimum atomic E-state index is -0.328. The van der Waals surface area contributed by atoms with E-state index in [2.05, 4.69) is 4.98 Å². The van der Waals surface area contributed by atoms with Crippen LogP contribution in [-0.2, 0) is 0 Å². The van der Waals surface area contributed by atoms with Crippen molar-refractivity contribution in [2.45, 2.75) is 6.92 Å². The SMILES string of the molecule is CCN(c1ccc(F)cc1-c1cncc(N)c1N)N(C)C. The van der Waals surface area contributed by atoms with Crippen molar-refractivity contribution in [1.82, 2.24) is 9.99 Å². The van der Waals surface area contributed by atoms with Gasteiger partial charge in [-0.05, 0) is 25.1 Å². The zero-order valence-electron chi connectivity index (χ0n) is 12.5. The van der Waals surface area contributed by atoms with Crippen LogP contribution in [-0.4, -0.2) is 30.6 Å². The molecule has 2 aromatic rings. The summed E-state index contributed by atoms with van der Waals surface area (Å²) in [5, 5.41) is 3.95. The van der Waals surface area contributed by atoms with Gasteiger partial charge in [0.1, 0.15) is 5.82 Å². The second kappa shape index (κ2) is 5.97. The van der Waals surface area contributed by atoms with E-state index in [1.54, 1.807) is 12.3 Å². The number of hydrazine groups is 1. The van der Waals surface area contributed by atoms with Crippen LogP contribution in [0.15, 0.2) is 30.6 Å². The Hall–Kier alpha value is -2.34. The van der Waals surface area contributed by atoms with Crippen molar-refractivity contribution in [3.8, 4) is 11.1 Å². The average Bonchev–Trinajstić information content (AvgIpc) is 2.44. The fourth-order valence-corrected chi connectivity index (χ4v) is 2.32. The summed E-state index contributed by atoms with van der Waals surface area (Å²) in [4.78, 5) is 4.06. The van der Waals surface area contributed by atoms with Crippen molar-refractivity contribution in [1.29, 1.82) is 0 Å². The van der Waals surface area contributed by atoms with Crippen molar-refractivity contribution in [2.75, 3.05) is 37.1 Å². The van der Waals surface area contributed by atoms with E-state index in [9.17, 15) is 4.39 Å². The molecule has 0 fully saturated rings. The molecule has 0 aliphatic rings. The van der Waals surface area contributed by atoms with Crippen LogP contribution in [0.2, 0.25) is 0 Å². The molecule has 5 nitrogen and oxygen atoms in total. The van der Waals surface area contributed by atoms with E-state index >= 15 is 0 Å². The minimum Gasteiger partial charge on any atom is -0.396 e. The van der Waals surface area contributed by atoms with Gasteiger partial charge < -0.3 is 16.5 Å². The zero-order valence-corrected chi connectivity index (χ0v) is 12.5. The highest BCUT2D eigenvalue weighted by Gasteiger charge is 2.17. The van der Waals surface area contributed by atoms with E-state index in [4.69, 9.17) is 11.5 Å². The zero-order chi connectivity index (χ0) is 15.6. The summed E-state index contributed by atoms with van der Waals surface area (Å²) in [5.74, 6) is -0.328. The molecule has 1 aromatic carbocycles. The van der Waals surface area contributed by atoms with E-state index in [1.165, 1.54) is 18.3 Å². The van der Waals surface area contributed by atoms with Gasteiger partial charge in [-0.2, -0.15) is 0 Å². The maximum absolute atomic E-state index is 13.7. The molecule has 6 heteroatoms. The van der Waals surface area contributed by atoms with Gasteiger partial charge in [0.05, 0.1) is 23.3 Å². The van der Waals surface area contributed by atoms with Crippen LogP contribution >= 0.6 is 0 Å². The molecule has 0 atom stereocenters. The normalized spacial score (nSPS) is 10.9. The van der Waals surface area contributed by atoms with Crippen LogP contribution in [0.3, 0.4) is 0 Å². The molecule has 0 radical (unpaired) electrons. The molecule has 21 heavy (non-hydrogen) atoms. The third kappa shape index (κ3) is 2.90. The lowest BCUT2D eigenvalue weighted by molar-refractivity contribution is 0.377. The predicted octanol–water partition coefficient (Wildman–Crippen LogP) is 2.36. The Balaban J connectivity index is 2.67. The Labute approximate surface area is 124 Å². The predicted molar refractivity (Wildman–Crippen MR) is 85.2 cm³/mol. The molecule has 112 valence electrons. The van der Waals surface area contributed by atoms with Crippen molar-refractivity contribution >= 4 is 17.1 Å². The maximum Gasteiger partial charge on any atom is 0.123 e. The molecule has 0 bridgehead atoms. The number of aromatic nitrogens is 1. The topological polar surface area (TPSA) is 71.4 Å². The highest BCUT2D eigenvalue weighted by Crippen LogP contribution is 2.36. The van der Waals surface area contributed by atoms with E-state index in [0.717, 1.165) is 12.2 Å². The van der Waals surface area contributed by atoms with Gasteiger partial charge in [0, 0.05) is 38.0 Å². The fourth-order valence-electron chi connectivity index (χ4n) is 2.32. The molecule has 0 unspecified atom stereocenters. The molecule has 0 aliphatic carbocycles. The third-order valence-electron chi connectivity index (χ3n) is 3.33. The number of rotatable bonds is 4. The summed E-state index contributed by atoms with van der Waals surface area (Å²) in [7, 11) is 3.86. The van der Waals surface area contributed by atoms with Gasteiger partial charge in [0.2, 0.25) is 0 Å². The van der Waals surface area contributed by atoms with Gasteiger partial charge in [-0.15, -0.1) is 0 Å². The molecular formula is C15H20FN5. The number of hydrogen-bond acceptors (Lipinski definition) is 5. The number of hydrogen-bond donors (Lipinski definition) is 2. The number of halogens is 1. The van der Waals surface area contributed by atoms with E-state index < -0.39 is 0 Å². The minimum absolute atomic E-state index is 0.328. The van der Waals surface area contributed by atoms with Crippen LogP contribution < -0.4 is 16.5 Å². The molecule has 0 amide bonds. The standard InChI is InChI=1S/C15H20FN5/c1-4-21(20(2)3)14-6-5-10(16)7-11(14)12-8-19-9-13(17)15(12)18/h5-9H,4,17H2,1-3H3,(H2,18,19). The summed E-state index contributed by atoms with van der Waals surface area (Å²) in [6, 6.07) is 4.62. The monoisotopic (exact) mass is 289 g/mol. The highest BCUT2D eigenvalue weighted by molar-refractivity contribution is 5.89. The molecule has 1 heterocycles. The Bertz CT molecular complexity index is 642. The molecule has 4 N–H and O–H groups in total. The van der Waals surface area contributed by atoms with Crippen LogP contribution in [0, 0.1) is 5.82 Å². The van der Waals surface area contributed by atoms with Crippen LogP contribution in [0.5, 0.6) is 0 Å². The first kappa shape index (κ1) is 15.1. The second-order valence-corrected chi connectivity index (χ2v) is 4.91. The van der Waals surface area contributed by atoms with Gasteiger partial charge >= 0.3 is 0 Å². The third-order valence-corrected chi connectivity index (χ3v) is 3.33. The fraction of sp³-hybridized carbons (Fsp3) is 0.267. The van der Waals surface area contributed by atoms with E-state index in [-0.39, 0.29) is 5.82 Å². The molecule has 0 saturated heterocycles. The number of nitrogens with zero attached hydrogens (tertiary/aromatic N) is 3. The van der Waals surface area contributed by atoms with E-state index in [1.807, 2.05) is 31.0 Å². The largest absolute Gasteiger partial charge is 0.396 e. The van der Waals surface area contributed by atoms with Gasteiger partial charge in [-0.1, -0.05) is 0 Å². The quantitative estimate of drug-likeness (QED) is 0.845. The van der Waals surface area contributed by atoms with Crippen molar-refractivity contribution in [2.24, 2.45) is 0 Å². The summed E-state index contributed by atoms with van der Waals surface area (Å²) >= 11 is 0. The summed E-state index contributed by atoms with van der Waals surface area (Å²) in [6.45, 7) is 2.76. The van der Waals surface area contributed by atoms with Gasteiger partial charge in [-0.25, -0.2) is 9.40 Å². The summed E-state index contributed by atoms with van der Waals surface area (Å²) in [5.41, 5.74) is 14.8. The lowest BCUT2D eigenvalue weighted by Crippen LogP contribution is -2.37. The molecule has 0 spiro atoms. The number of anilines is 3. The molecule has 0 saturated carbocycles. The number of benzene rings is 1. The lowest BCUT2D eigenvalue weighted by atomic mass is 10.0. The Morgan fingerprint density at radius 1 is 1.14 bits per heavy atom. The lowest BCUT2D eigenvalue weighted by Gasteiger charge is -2.31. The first-order chi connectivity index (χ1) is 9.95. The highest BCUT2D eigenvalue weighted by atomic mass is 19.1. The Morgan fingerprint density at radius 2 is 1.86 bits per heavy atom. The van der Waals surface area contributed by atoms with Crippen molar-refractivity contribution in [3.63, 3.8) is 0 Å². The van der Waals surface area contributed by atoms with Crippen LogP contribution in [0.1, 0.15) is 6.92 Å². The van der Waals surface area contributed by atoms with Crippen molar-refractivity contribution in [3.05, 3.63) is 36.4 Å². The van der Waals surface area contributed by atoms with Crippen LogP contribution in [0.25, 0.3) is 11.1 Å². The number of pyridine rings is 1.